The molecule has 0 amide bonds. The third-order valence-electron chi connectivity index (χ3n) is 2.45. The molecule has 16 heavy (non-hydrogen) atoms. The minimum Gasteiger partial charge on any atom is -0.497 e. The molecule has 0 spiro atoms. The van der Waals surface area contributed by atoms with Crippen LogP contribution in [0.5, 0.6) is 5.75 Å². The summed E-state index contributed by atoms with van der Waals surface area (Å²) in [4.78, 5) is 11.1. The maximum absolute atomic E-state index is 11.1. The number of ketones is 1. The molecule has 88 valence electrons. The van der Waals surface area contributed by atoms with Crippen molar-refractivity contribution in [1.29, 1.82) is 0 Å². The van der Waals surface area contributed by atoms with Gasteiger partial charge in [0.05, 0.1) is 7.11 Å². The molecule has 0 aromatic heterocycles. The van der Waals surface area contributed by atoms with Crippen molar-refractivity contribution in [2.24, 2.45) is 0 Å². The van der Waals surface area contributed by atoms with Gasteiger partial charge in [0.2, 0.25) is 0 Å². The maximum atomic E-state index is 11.1. The van der Waals surface area contributed by atoms with Gasteiger partial charge in [0.15, 0.2) is 0 Å². The van der Waals surface area contributed by atoms with Crippen molar-refractivity contribution in [2.45, 2.75) is 26.2 Å². The Hall–Kier alpha value is -1.51. The van der Waals surface area contributed by atoms with Crippen molar-refractivity contribution in [2.75, 3.05) is 19.0 Å². The number of benzene rings is 1. The number of nitrogens with one attached hydrogen (secondary N) is 1. The molecule has 0 radical (unpaired) electrons. The quantitative estimate of drug-likeness (QED) is 0.719. The number of methoxy groups -OCH3 is 1. The molecule has 1 rings (SSSR count). The SMILES string of the molecule is CCC(=O)CCCNc1ccc(OC)cc1. The molecule has 0 aliphatic rings. The maximum Gasteiger partial charge on any atom is 0.132 e. The van der Waals surface area contributed by atoms with Crippen molar-refractivity contribution in [3.63, 3.8) is 0 Å². The first-order valence-electron chi connectivity index (χ1n) is 5.66. The Labute approximate surface area is 96.8 Å². The van der Waals surface area contributed by atoms with Crippen LogP contribution in [0.2, 0.25) is 0 Å². The molecule has 0 heterocycles. The van der Waals surface area contributed by atoms with Gasteiger partial charge in [-0.25, -0.2) is 0 Å². The number of rotatable bonds is 7. The van der Waals surface area contributed by atoms with Gasteiger partial charge in [-0.3, -0.25) is 4.79 Å². The normalized spacial score (nSPS) is 9.88. The Balaban J connectivity index is 2.24. The second-order valence-corrected chi connectivity index (χ2v) is 3.65. The fraction of sp³-hybridized carbons (Fsp3) is 0.462. The molecule has 0 fully saturated rings. The summed E-state index contributed by atoms with van der Waals surface area (Å²) < 4.78 is 5.07. The van der Waals surface area contributed by atoms with E-state index in [1.807, 2.05) is 31.2 Å². The highest BCUT2D eigenvalue weighted by Gasteiger charge is 1.98. The van der Waals surface area contributed by atoms with Crippen LogP contribution < -0.4 is 10.1 Å². The van der Waals surface area contributed by atoms with Crippen molar-refractivity contribution in [3.8, 4) is 5.75 Å². The van der Waals surface area contributed by atoms with E-state index in [1.165, 1.54) is 0 Å². The predicted octanol–water partition coefficient (Wildman–Crippen LogP) is 2.87. The summed E-state index contributed by atoms with van der Waals surface area (Å²) in [5.74, 6) is 1.18. The fourth-order valence-electron chi connectivity index (χ4n) is 1.40. The number of carbonyl (C=O) groups is 1. The van der Waals surface area contributed by atoms with Gasteiger partial charge in [-0.1, -0.05) is 6.92 Å². The topological polar surface area (TPSA) is 38.3 Å². The van der Waals surface area contributed by atoms with Crippen LogP contribution in [-0.4, -0.2) is 19.4 Å². The highest BCUT2D eigenvalue weighted by atomic mass is 16.5. The lowest BCUT2D eigenvalue weighted by molar-refractivity contribution is -0.118. The number of hydrogen-bond donors (Lipinski definition) is 1. The smallest absolute Gasteiger partial charge is 0.132 e. The molecule has 0 aliphatic heterocycles. The summed E-state index contributed by atoms with van der Waals surface area (Å²) >= 11 is 0. The van der Waals surface area contributed by atoms with Gasteiger partial charge in [0.1, 0.15) is 11.5 Å². The van der Waals surface area contributed by atoms with E-state index in [4.69, 9.17) is 4.74 Å². The Bertz CT molecular complexity index is 319. The Morgan fingerprint density at radius 2 is 2.00 bits per heavy atom. The van der Waals surface area contributed by atoms with Crippen LogP contribution >= 0.6 is 0 Å². The number of carbonyl (C=O) groups excluding carboxylic acids is 1. The summed E-state index contributed by atoms with van der Waals surface area (Å²) in [5, 5.41) is 3.27. The van der Waals surface area contributed by atoms with E-state index in [1.54, 1.807) is 7.11 Å². The average molecular weight is 221 g/mol. The molecular weight excluding hydrogens is 202 g/mol. The van der Waals surface area contributed by atoms with Gasteiger partial charge >= 0.3 is 0 Å². The molecule has 1 aromatic rings. The monoisotopic (exact) mass is 221 g/mol. The molecule has 0 bridgehead atoms. The second kappa shape index (κ2) is 6.88. The highest BCUT2D eigenvalue weighted by Crippen LogP contribution is 2.14. The molecule has 3 nitrogen and oxygen atoms in total. The first-order chi connectivity index (χ1) is 7.76. The Kier molecular flexibility index (Phi) is 5.40. The van der Waals surface area contributed by atoms with Gasteiger partial charge in [-0.2, -0.15) is 0 Å². The van der Waals surface area contributed by atoms with E-state index in [0.717, 1.165) is 24.4 Å². The van der Waals surface area contributed by atoms with Crippen LogP contribution in [0.25, 0.3) is 0 Å². The molecule has 3 heteroatoms. The van der Waals surface area contributed by atoms with E-state index >= 15 is 0 Å². The molecular formula is C13H19NO2. The number of anilines is 1. The van der Waals surface area contributed by atoms with E-state index < -0.39 is 0 Å². The molecule has 0 saturated heterocycles. The van der Waals surface area contributed by atoms with Crippen LogP contribution in [0, 0.1) is 0 Å². The van der Waals surface area contributed by atoms with Crippen LogP contribution in [0.15, 0.2) is 24.3 Å². The fourth-order valence-corrected chi connectivity index (χ4v) is 1.40. The summed E-state index contributed by atoms with van der Waals surface area (Å²) in [6.07, 6.45) is 2.20. The van der Waals surface area contributed by atoms with Gasteiger partial charge in [0.25, 0.3) is 0 Å². The number of Topliss-reactive ketones (excluding diaryl/α,β-unsaturated/α-hetero) is 1. The molecule has 0 aliphatic carbocycles. The standard InChI is InChI=1S/C13H19NO2/c1-3-12(15)5-4-10-14-11-6-8-13(16-2)9-7-11/h6-9,14H,3-5,10H2,1-2H3. The lowest BCUT2D eigenvalue weighted by Crippen LogP contribution is -2.04. The van der Waals surface area contributed by atoms with Crippen molar-refractivity contribution in [1.82, 2.24) is 0 Å². The van der Waals surface area contributed by atoms with Crippen LogP contribution in [0.1, 0.15) is 26.2 Å². The highest BCUT2D eigenvalue weighted by molar-refractivity contribution is 5.77. The van der Waals surface area contributed by atoms with E-state index in [9.17, 15) is 4.79 Å². The molecule has 0 unspecified atom stereocenters. The minimum absolute atomic E-state index is 0.330. The van der Waals surface area contributed by atoms with Gasteiger partial charge in [-0.15, -0.1) is 0 Å². The summed E-state index contributed by atoms with van der Waals surface area (Å²) in [5.41, 5.74) is 1.06. The predicted molar refractivity (Wildman–Crippen MR) is 66.0 cm³/mol. The Morgan fingerprint density at radius 1 is 1.31 bits per heavy atom. The molecule has 0 saturated carbocycles. The van der Waals surface area contributed by atoms with Gasteiger partial charge < -0.3 is 10.1 Å². The van der Waals surface area contributed by atoms with Crippen LogP contribution in [0.4, 0.5) is 5.69 Å². The van der Waals surface area contributed by atoms with Crippen LogP contribution in [-0.2, 0) is 4.79 Å². The summed E-state index contributed by atoms with van der Waals surface area (Å²) in [7, 11) is 1.65. The van der Waals surface area contributed by atoms with Crippen molar-refractivity contribution >= 4 is 11.5 Å². The minimum atomic E-state index is 0.330. The lowest BCUT2D eigenvalue weighted by Gasteiger charge is -2.06. The van der Waals surface area contributed by atoms with E-state index in [-0.39, 0.29) is 0 Å². The first kappa shape index (κ1) is 12.6. The molecule has 1 aromatic carbocycles. The third kappa shape index (κ3) is 4.34. The van der Waals surface area contributed by atoms with E-state index in [0.29, 0.717) is 18.6 Å². The first-order valence-corrected chi connectivity index (χ1v) is 5.66. The van der Waals surface area contributed by atoms with Crippen molar-refractivity contribution in [3.05, 3.63) is 24.3 Å². The molecule has 0 atom stereocenters. The van der Waals surface area contributed by atoms with Gasteiger partial charge in [0, 0.05) is 25.1 Å². The van der Waals surface area contributed by atoms with Gasteiger partial charge in [-0.05, 0) is 30.7 Å². The number of ether oxygens (including phenoxy) is 1. The lowest BCUT2D eigenvalue weighted by atomic mass is 10.2. The molecule has 1 N–H and O–H groups in total. The average Bonchev–Trinajstić information content (AvgIpc) is 2.35. The zero-order valence-electron chi connectivity index (χ0n) is 9.95. The van der Waals surface area contributed by atoms with Crippen LogP contribution in [0.3, 0.4) is 0 Å². The second-order valence-electron chi connectivity index (χ2n) is 3.65. The number of hydrogen-bond acceptors (Lipinski definition) is 3. The zero-order valence-corrected chi connectivity index (χ0v) is 9.95. The Morgan fingerprint density at radius 3 is 2.56 bits per heavy atom. The largest absolute Gasteiger partial charge is 0.497 e. The zero-order chi connectivity index (χ0) is 11.8. The third-order valence-corrected chi connectivity index (χ3v) is 2.45. The summed E-state index contributed by atoms with van der Waals surface area (Å²) in [6.45, 7) is 2.73. The van der Waals surface area contributed by atoms with E-state index in [2.05, 4.69) is 5.32 Å². The van der Waals surface area contributed by atoms with Crippen molar-refractivity contribution < 1.29 is 9.53 Å². The summed E-state index contributed by atoms with van der Waals surface area (Å²) in [6, 6.07) is 7.78.